The van der Waals surface area contributed by atoms with Crippen molar-refractivity contribution in [1.29, 1.82) is 0 Å². The Bertz CT molecular complexity index is 685. The molecule has 1 aromatic carbocycles. The van der Waals surface area contributed by atoms with E-state index in [4.69, 9.17) is 0 Å². The first-order valence-electron chi connectivity index (χ1n) is 8.99. The van der Waals surface area contributed by atoms with Crippen LogP contribution in [0.1, 0.15) is 51.0 Å². The molecular formula is C19H25N3O3. The number of aryl methyl sites for hydroxylation is 1. The molecule has 1 saturated heterocycles. The predicted octanol–water partition coefficient (Wildman–Crippen LogP) is 3.35. The van der Waals surface area contributed by atoms with Crippen molar-refractivity contribution in [3.8, 4) is 0 Å². The van der Waals surface area contributed by atoms with Crippen molar-refractivity contribution in [2.45, 2.75) is 58.4 Å². The maximum atomic E-state index is 12.3. The van der Waals surface area contributed by atoms with Crippen LogP contribution in [0.5, 0.6) is 0 Å². The molecule has 2 fully saturated rings. The minimum absolute atomic E-state index is 0.189. The van der Waals surface area contributed by atoms with Crippen LogP contribution in [-0.2, 0) is 9.59 Å². The van der Waals surface area contributed by atoms with Crippen molar-refractivity contribution < 1.29 is 14.4 Å². The van der Waals surface area contributed by atoms with E-state index in [1.165, 1.54) is 11.3 Å². The largest absolute Gasteiger partial charge is 0.335 e. The number of urea groups is 1. The minimum Gasteiger partial charge on any atom is -0.335 e. The Kier molecular flexibility index (Phi) is 5.06. The van der Waals surface area contributed by atoms with Crippen LogP contribution in [0.4, 0.5) is 16.2 Å². The number of imide groups is 1. The number of hydrogen-bond donors (Lipinski definition) is 2. The van der Waals surface area contributed by atoms with Crippen LogP contribution in [0, 0.1) is 12.8 Å². The standard InChI is InChI=1S/C19H25N3O3/c1-12-5-3-4-6-15(12)21-19(25)20-14-8-7-13(2)16(11-14)22-17(23)9-10-18(22)24/h7-8,11-12,15H,3-6,9-10H2,1-2H3,(H2,20,21,25)/t12-,15-/m1/s1. The molecule has 6 nitrogen and oxygen atoms in total. The lowest BCUT2D eigenvalue weighted by molar-refractivity contribution is -0.121. The van der Waals surface area contributed by atoms with Gasteiger partial charge >= 0.3 is 6.03 Å². The number of hydrogen-bond acceptors (Lipinski definition) is 3. The number of nitrogens with one attached hydrogen (secondary N) is 2. The smallest absolute Gasteiger partial charge is 0.319 e. The summed E-state index contributed by atoms with van der Waals surface area (Å²) in [5, 5.41) is 5.87. The van der Waals surface area contributed by atoms with Gasteiger partial charge in [-0.15, -0.1) is 0 Å². The van der Waals surface area contributed by atoms with Crippen molar-refractivity contribution in [3.05, 3.63) is 23.8 Å². The highest BCUT2D eigenvalue weighted by Crippen LogP contribution is 2.29. The van der Waals surface area contributed by atoms with E-state index in [9.17, 15) is 14.4 Å². The van der Waals surface area contributed by atoms with Crippen LogP contribution < -0.4 is 15.5 Å². The summed E-state index contributed by atoms with van der Waals surface area (Å²) in [7, 11) is 0. The summed E-state index contributed by atoms with van der Waals surface area (Å²) in [5.41, 5.74) is 1.96. The third-order valence-corrected chi connectivity index (χ3v) is 5.19. The van der Waals surface area contributed by atoms with Gasteiger partial charge in [-0.05, 0) is 43.4 Å². The Labute approximate surface area is 148 Å². The van der Waals surface area contributed by atoms with E-state index in [-0.39, 0.29) is 36.7 Å². The van der Waals surface area contributed by atoms with E-state index in [1.54, 1.807) is 12.1 Å². The fourth-order valence-corrected chi connectivity index (χ4v) is 3.64. The molecule has 2 N–H and O–H groups in total. The molecule has 0 spiro atoms. The molecule has 1 aliphatic heterocycles. The number of benzene rings is 1. The second kappa shape index (κ2) is 7.25. The van der Waals surface area contributed by atoms with Gasteiger partial charge in [-0.3, -0.25) is 14.5 Å². The van der Waals surface area contributed by atoms with Crippen LogP contribution in [0.3, 0.4) is 0 Å². The van der Waals surface area contributed by atoms with Crippen LogP contribution in [0.2, 0.25) is 0 Å². The Morgan fingerprint density at radius 2 is 1.80 bits per heavy atom. The highest BCUT2D eigenvalue weighted by Gasteiger charge is 2.31. The molecule has 0 radical (unpaired) electrons. The van der Waals surface area contributed by atoms with Gasteiger partial charge in [-0.2, -0.15) is 0 Å². The molecule has 4 amide bonds. The van der Waals surface area contributed by atoms with Crippen molar-refractivity contribution in [1.82, 2.24) is 5.32 Å². The van der Waals surface area contributed by atoms with Gasteiger partial charge in [-0.1, -0.05) is 25.8 Å². The summed E-state index contributed by atoms with van der Waals surface area (Å²) in [6.45, 7) is 4.01. The second-order valence-corrected chi connectivity index (χ2v) is 7.09. The maximum Gasteiger partial charge on any atom is 0.319 e. The van der Waals surface area contributed by atoms with Crippen molar-refractivity contribution >= 4 is 29.2 Å². The van der Waals surface area contributed by atoms with Gasteiger partial charge in [0.15, 0.2) is 0 Å². The molecule has 1 aliphatic carbocycles. The monoisotopic (exact) mass is 343 g/mol. The van der Waals surface area contributed by atoms with Crippen LogP contribution in [0.15, 0.2) is 18.2 Å². The van der Waals surface area contributed by atoms with E-state index in [0.29, 0.717) is 17.3 Å². The summed E-state index contributed by atoms with van der Waals surface area (Å²) < 4.78 is 0. The van der Waals surface area contributed by atoms with Crippen molar-refractivity contribution in [2.24, 2.45) is 5.92 Å². The van der Waals surface area contributed by atoms with E-state index in [2.05, 4.69) is 17.6 Å². The zero-order valence-corrected chi connectivity index (χ0v) is 14.8. The minimum atomic E-state index is -0.243. The zero-order valence-electron chi connectivity index (χ0n) is 14.8. The fraction of sp³-hybridized carbons (Fsp3) is 0.526. The molecular weight excluding hydrogens is 318 g/mol. The lowest BCUT2D eigenvalue weighted by atomic mass is 9.86. The molecule has 134 valence electrons. The van der Waals surface area contributed by atoms with Crippen molar-refractivity contribution in [3.63, 3.8) is 0 Å². The first kappa shape index (κ1) is 17.5. The van der Waals surface area contributed by atoms with Crippen molar-refractivity contribution in [2.75, 3.05) is 10.2 Å². The van der Waals surface area contributed by atoms with Gasteiger partial charge in [0.25, 0.3) is 0 Å². The van der Waals surface area contributed by atoms with E-state index < -0.39 is 0 Å². The second-order valence-electron chi connectivity index (χ2n) is 7.09. The van der Waals surface area contributed by atoms with Gasteiger partial charge < -0.3 is 10.6 Å². The summed E-state index contributed by atoms with van der Waals surface area (Å²) in [6.07, 6.45) is 5.00. The number of rotatable bonds is 3. The third kappa shape index (κ3) is 3.83. The van der Waals surface area contributed by atoms with Crippen LogP contribution in [-0.4, -0.2) is 23.9 Å². The molecule has 6 heteroatoms. The lowest BCUT2D eigenvalue weighted by Gasteiger charge is -2.29. The highest BCUT2D eigenvalue weighted by molar-refractivity contribution is 6.20. The van der Waals surface area contributed by atoms with Gasteiger partial charge in [-0.25, -0.2) is 4.79 Å². The number of amides is 4. The van der Waals surface area contributed by atoms with Gasteiger partial charge in [0.1, 0.15) is 0 Å². The third-order valence-electron chi connectivity index (χ3n) is 5.19. The molecule has 3 rings (SSSR count). The van der Waals surface area contributed by atoms with Gasteiger partial charge in [0.2, 0.25) is 11.8 Å². The Hall–Kier alpha value is -2.37. The SMILES string of the molecule is Cc1ccc(NC(=O)N[C@@H]2CCCC[C@H]2C)cc1N1C(=O)CCC1=O. The Balaban J connectivity index is 1.70. The molecule has 2 aliphatic rings. The van der Waals surface area contributed by atoms with Crippen LogP contribution in [0.25, 0.3) is 0 Å². The number of carbonyl (C=O) groups excluding carboxylic acids is 3. The number of nitrogens with zero attached hydrogens (tertiary/aromatic N) is 1. The van der Waals surface area contributed by atoms with E-state index in [1.807, 2.05) is 13.0 Å². The van der Waals surface area contributed by atoms with Gasteiger partial charge in [0.05, 0.1) is 5.69 Å². The first-order valence-corrected chi connectivity index (χ1v) is 8.99. The molecule has 0 unspecified atom stereocenters. The number of carbonyl (C=O) groups is 3. The highest BCUT2D eigenvalue weighted by atomic mass is 16.2. The van der Waals surface area contributed by atoms with Crippen LogP contribution >= 0.6 is 0 Å². The van der Waals surface area contributed by atoms with E-state index >= 15 is 0 Å². The summed E-state index contributed by atoms with van der Waals surface area (Å²) in [5.74, 6) is 0.101. The molecule has 1 heterocycles. The topological polar surface area (TPSA) is 78.5 Å². The fourth-order valence-electron chi connectivity index (χ4n) is 3.64. The molecule has 25 heavy (non-hydrogen) atoms. The summed E-state index contributed by atoms with van der Waals surface area (Å²) in [6, 6.07) is 5.24. The molecule has 1 aromatic rings. The zero-order chi connectivity index (χ0) is 18.0. The average Bonchev–Trinajstić information content (AvgIpc) is 2.90. The average molecular weight is 343 g/mol. The Morgan fingerprint density at radius 3 is 2.48 bits per heavy atom. The van der Waals surface area contributed by atoms with E-state index in [0.717, 1.165) is 24.8 Å². The normalized spacial score (nSPS) is 23.7. The lowest BCUT2D eigenvalue weighted by Crippen LogP contribution is -2.43. The molecule has 2 atom stereocenters. The number of anilines is 2. The summed E-state index contributed by atoms with van der Waals surface area (Å²) in [4.78, 5) is 37.5. The summed E-state index contributed by atoms with van der Waals surface area (Å²) >= 11 is 0. The maximum absolute atomic E-state index is 12.3. The predicted molar refractivity (Wildman–Crippen MR) is 96.5 cm³/mol. The first-order chi connectivity index (χ1) is 12.0. The molecule has 0 aromatic heterocycles. The molecule has 1 saturated carbocycles. The molecule has 0 bridgehead atoms. The Morgan fingerprint density at radius 1 is 1.12 bits per heavy atom. The van der Waals surface area contributed by atoms with Gasteiger partial charge in [0, 0.05) is 24.6 Å². The quantitative estimate of drug-likeness (QED) is 0.826.